The Morgan fingerprint density at radius 2 is 2.00 bits per heavy atom. The van der Waals surface area contributed by atoms with Gasteiger partial charge in [0.1, 0.15) is 5.82 Å². The Kier molecular flexibility index (Phi) is 7.22. The molecule has 4 rings (SSSR count). The molecule has 1 amide bonds. The standard InChI is InChI=1S/C23H22F4N4O2S/c1-14(21(32)28-18-5-2-4-16(12-18)23(25,26)27)34-22-30-29-20(15-7-9-17(24)10-8-15)31(22)13-19-6-3-11-33-19/h2,4-5,7-10,12,14,19H,3,6,11,13H2,1H3,(H,28,32). The van der Waals surface area contributed by atoms with Crippen molar-refractivity contribution in [3.8, 4) is 11.4 Å². The number of ether oxygens (including phenoxy) is 1. The summed E-state index contributed by atoms with van der Waals surface area (Å²) in [4.78, 5) is 12.7. The van der Waals surface area contributed by atoms with Crippen LogP contribution in [0.4, 0.5) is 23.2 Å². The van der Waals surface area contributed by atoms with E-state index in [1.165, 1.54) is 24.3 Å². The maximum Gasteiger partial charge on any atom is 0.416 e. The van der Waals surface area contributed by atoms with E-state index in [0.717, 1.165) is 36.7 Å². The SMILES string of the molecule is CC(Sc1nnc(-c2ccc(F)cc2)n1CC1CCCO1)C(=O)Nc1cccc(C(F)(F)F)c1. The minimum atomic E-state index is -4.50. The lowest BCUT2D eigenvalue weighted by molar-refractivity contribution is -0.137. The van der Waals surface area contributed by atoms with Gasteiger partial charge in [-0.15, -0.1) is 10.2 Å². The van der Waals surface area contributed by atoms with Gasteiger partial charge in [-0.2, -0.15) is 13.2 Å². The molecular formula is C23H22F4N4O2S. The van der Waals surface area contributed by atoms with Crippen LogP contribution in [-0.2, 0) is 22.3 Å². The zero-order valence-electron chi connectivity index (χ0n) is 18.2. The highest BCUT2D eigenvalue weighted by atomic mass is 32.2. The van der Waals surface area contributed by atoms with Crippen LogP contribution in [0.1, 0.15) is 25.3 Å². The summed E-state index contributed by atoms with van der Waals surface area (Å²) in [6, 6.07) is 10.3. The molecule has 34 heavy (non-hydrogen) atoms. The van der Waals surface area contributed by atoms with Crippen LogP contribution in [0.5, 0.6) is 0 Å². The number of alkyl halides is 3. The number of hydrogen-bond acceptors (Lipinski definition) is 5. The summed E-state index contributed by atoms with van der Waals surface area (Å²) in [5, 5.41) is 10.8. The first-order chi connectivity index (χ1) is 16.2. The molecule has 0 aliphatic carbocycles. The van der Waals surface area contributed by atoms with E-state index in [4.69, 9.17) is 4.74 Å². The summed E-state index contributed by atoms with van der Waals surface area (Å²) >= 11 is 1.13. The van der Waals surface area contributed by atoms with Crippen molar-refractivity contribution in [2.24, 2.45) is 0 Å². The van der Waals surface area contributed by atoms with Gasteiger partial charge in [0.15, 0.2) is 11.0 Å². The molecule has 180 valence electrons. The first-order valence-corrected chi connectivity index (χ1v) is 11.5. The van der Waals surface area contributed by atoms with E-state index in [2.05, 4.69) is 15.5 Å². The zero-order valence-corrected chi connectivity index (χ0v) is 19.0. The molecule has 0 saturated carbocycles. The molecule has 0 bridgehead atoms. The highest BCUT2D eigenvalue weighted by Gasteiger charge is 2.31. The molecule has 2 atom stereocenters. The number of carbonyl (C=O) groups is 1. The normalized spacial score (nSPS) is 17.0. The van der Waals surface area contributed by atoms with Gasteiger partial charge in [0, 0.05) is 17.9 Å². The molecule has 1 aliphatic rings. The van der Waals surface area contributed by atoms with Gasteiger partial charge in [-0.3, -0.25) is 9.36 Å². The number of anilines is 1. The van der Waals surface area contributed by atoms with E-state index >= 15 is 0 Å². The second-order valence-electron chi connectivity index (χ2n) is 7.89. The number of thioether (sulfide) groups is 1. The number of halogens is 4. The fourth-order valence-electron chi connectivity index (χ4n) is 3.57. The summed E-state index contributed by atoms with van der Waals surface area (Å²) < 4.78 is 59.9. The minimum Gasteiger partial charge on any atom is -0.376 e. The second-order valence-corrected chi connectivity index (χ2v) is 9.19. The van der Waals surface area contributed by atoms with Gasteiger partial charge in [-0.25, -0.2) is 4.39 Å². The van der Waals surface area contributed by atoms with Gasteiger partial charge in [-0.1, -0.05) is 17.8 Å². The molecule has 1 saturated heterocycles. The van der Waals surface area contributed by atoms with Crippen molar-refractivity contribution < 1.29 is 27.1 Å². The lowest BCUT2D eigenvalue weighted by Gasteiger charge is -2.17. The summed E-state index contributed by atoms with van der Waals surface area (Å²) in [6.07, 6.45) is -2.73. The monoisotopic (exact) mass is 494 g/mol. The van der Waals surface area contributed by atoms with Gasteiger partial charge in [0.05, 0.1) is 23.5 Å². The molecule has 1 N–H and O–H groups in total. The second kappa shape index (κ2) is 10.1. The van der Waals surface area contributed by atoms with E-state index in [1.807, 2.05) is 4.57 Å². The Balaban J connectivity index is 1.53. The molecule has 1 aliphatic heterocycles. The first kappa shape index (κ1) is 24.2. The third-order valence-electron chi connectivity index (χ3n) is 5.34. The average Bonchev–Trinajstić information content (AvgIpc) is 3.45. The fourth-order valence-corrected chi connectivity index (χ4v) is 4.43. The van der Waals surface area contributed by atoms with Gasteiger partial charge < -0.3 is 10.1 Å². The van der Waals surface area contributed by atoms with E-state index in [9.17, 15) is 22.4 Å². The molecule has 0 spiro atoms. The summed E-state index contributed by atoms with van der Waals surface area (Å²) in [5.74, 6) is -0.328. The molecule has 11 heteroatoms. The van der Waals surface area contributed by atoms with Crippen LogP contribution in [0, 0.1) is 5.82 Å². The molecule has 6 nitrogen and oxygen atoms in total. The maximum absolute atomic E-state index is 13.4. The van der Waals surface area contributed by atoms with Crippen molar-refractivity contribution in [1.29, 1.82) is 0 Å². The van der Waals surface area contributed by atoms with Crippen LogP contribution >= 0.6 is 11.8 Å². The van der Waals surface area contributed by atoms with E-state index in [0.29, 0.717) is 29.7 Å². The summed E-state index contributed by atoms with van der Waals surface area (Å²) in [5.41, 5.74) is -0.120. The Labute approximate surface area is 197 Å². The van der Waals surface area contributed by atoms with Crippen LogP contribution in [0.25, 0.3) is 11.4 Å². The number of amides is 1. The van der Waals surface area contributed by atoms with Gasteiger partial charge >= 0.3 is 6.18 Å². The Hall–Kier alpha value is -2.92. The van der Waals surface area contributed by atoms with E-state index < -0.39 is 22.9 Å². The van der Waals surface area contributed by atoms with Crippen LogP contribution < -0.4 is 5.32 Å². The summed E-state index contributed by atoms with van der Waals surface area (Å²) in [7, 11) is 0. The van der Waals surface area contributed by atoms with Crippen molar-refractivity contribution in [3.05, 3.63) is 59.9 Å². The molecule has 2 aromatic carbocycles. The topological polar surface area (TPSA) is 69.0 Å². The van der Waals surface area contributed by atoms with Crippen LogP contribution in [0.3, 0.4) is 0 Å². The lowest BCUT2D eigenvalue weighted by atomic mass is 10.2. The average molecular weight is 495 g/mol. The van der Waals surface area contributed by atoms with Gasteiger partial charge in [0.2, 0.25) is 5.91 Å². The number of aromatic nitrogens is 3. The van der Waals surface area contributed by atoms with Crippen molar-refractivity contribution in [2.75, 3.05) is 11.9 Å². The molecule has 2 heterocycles. The maximum atomic E-state index is 13.4. The number of nitrogens with one attached hydrogen (secondary N) is 1. The minimum absolute atomic E-state index is 0.0382. The largest absolute Gasteiger partial charge is 0.416 e. The van der Waals surface area contributed by atoms with Crippen LogP contribution in [0.15, 0.2) is 53.7 Å². The Morgan fingerprint density at radius 3 is 2.68 bits per heavy atom. The fraction of sp³-hybridized carbons (Fsp3) is 0.348. The molecule has 1 aromatic heterocycles. The third-order valence-corrected chi connectivity index (χ3v) is 6.42. The number of hydrogen-bond donors (Lipinski definition) is 1. The summed E-state index contributed by atoms with van der Waals surface area (Å²) in [6.45, 7) is 2.76. The van der Waals surface area contributed by atoms with Crippen molar-refractivity contribution >= 4 is 23.4 Å². The molecule has 0 radical (unpaired) electrons. The first-order valence-electron chi connectivity index (χ1n) is 10.7. The van der Waals surface area contributed by atoms with Gasteiger partial charge in [-0.05, 0) is 62.2 Å². The molecule has 1 fully saturated rings. The van der Waals surface area contributed by atoms with E-state index in [1.54, 1.807) is 19.1 Å². The van der Waals surface area contributed by atoms with Crippen LogP contribution in [0.2, 0.25) is 0 Å². The van der Waals surface area contributed by atoms with Gasteiger partial charge in [0.25, 0.3) is 0 Å². The Morgan fingerprint density at radius 1 is 1.24 bits per heavy atom. The molecular weight excluding hydrogens is 472 g/mol. The number of carbonyl (C=O) groups excluding carboxylic acids is 1. The zero-order chi connectivity index (χ0) is 24.3. The van der Waals surface area contributed by atoms with Crippen molar-refractivity contribution in [1.82, 2.24) is 14.8 Å². The predicted octanol–water partition coefficient (Wildman–Crippen LogP) is 5.40. The predicted molar refractivity (Wildman–Crippen MR) is 120 cm³/mol. The smallest absolute Gasteiger partial charge is 0.376 e. The molecule has 3 aromatic rings. The van der Waals surface area contributed by atoms with E-state index in [-0.39, 0.29) is 17.6 Å². The number of nitrogens with zero attached hydrogens (tertiary/aromatic N) is 3. The number of rotatable bonds is 7. The third kappa shape index (κ3) is 5.76. The van der Waals surface area contributed by atoms with Crippen LogP contribution in [-0.4, -0.2) is 38.6 Å². The lowest BCUT2D eigenvalue weighted by Crippen LogP contribution is -2.24. The van der Waals surface area contributed by atoms with Crippen molar-refractivity contribution in [2.45, 2.75) is 49.0 Å². The Bertz CT molecular complexity index is 1140. The number of benzene rings is 2. The highest BCUT2D eigenvalue weighted by Crippen LogP contribution is 2.32. The quantitative estimate of drug-likeness (QED) is 0.352. The highest BCUT2D eigenvalue weighted by molar-refractivity contribution is 8.00. The molecule has 2 unspecified atom stereocenters. The van der Waals surface area contributed by atoms with Crippen molar-refractivity contribution in [3.63, 3.8) is 0 Å².